The van der Waals surface area contributed by atoms with E-state index in [-0.39, 0.29) is 5.92 Å². The average molecular weight is 349 g/mol. The van der Waals surface area contributed by atoms with Gasteiger partial charge >= 0.3 is 0 Å². The van der Waals surface area contributed by atoms with Crippen molar-refractivity contribution in [3.8, 4) is 0 Å². The molecule has 1 aromatic carbocycles. The van der Waals surface area contributed by atoms with E-state index in [9.17, 15) is 4.79 Å². The van der Waals surface area contributed by atoms with Crippen molar-refractivity contribution in [1.29, 1.82) is 0 Å². The quantitative estimate of drug-likeness (QED) is 0.824. The summed E-state index contributed by atoms with van der Waals surface area (Å²) in [4.78, 5) is 17.8. The van der Waals surface area contributed by atoms with E-state index in [1.165, 1.54) is 12.0 Å². The van der Waals surface area contributed by atoms with Crippen molar-refractivity contribution < 1.29 is 9.53 Å². The molecule has 4 nitrogen and oxygen atoms in total. The van der Waals surface area contributed by atoms with Crippen LogP contribution < -0.4 is 0 Å². The Hall–Kier alpha value is -1.10. The molecule has 3 heterocycles. The molecular weight excluding hydrogens is 324 g/mol. The monoisotopic (exact) mass is 348 g/mol. The van der Waals surface area contributed by atoms with Gasteiger partial charge in [-0.05, 0) is 49.9 Å². The first kappa shape index (κ1) is 16.4. The largest absolute Gasteiger partial charge is 0.378 e. The lowest BCUT2D eigenvalue weighted by Crippen LogP contribution is -2.54. The summed E-state index contributed by atoms with van der Waals surface area (Å²) in [6, 6.07) is 9.08. The van der Waals surface area contributed by atoms with Gasteiger partial charge in [0.1, 0.15) is 0 Å². The van der Waals surface area contributed by atoms with Crippen molar-refractivity contribution >= 4 is 17.5 Å². The van der Waals surface area contributed by atoms with E-state index < -0.39 is 0 Å². The highest BCUT2D eigenvalue weighted by Crippen LogP contribution is 2.47. The molecule has 1 amide bonds. The number of halogens is 1. The predicted molar refractivity (Wildman–Crippen MR) is 94.3 cm³/mol. The Kier molecular flexibility index (Phi) is 4.54. The Morgan fingerprint density at radius 3 is 2.58 bits per heavy atom. The van der Waals surface area contributed by atoms with Crippen molar-refractivity contribution in [3.63, 3.8) is 0 Å². The summed E-state index contributed by atoms with van der Waals surface area (Å²) < 4.78 is 5.43. The summed E-state index contributed by atoms with van der Waals surface area (Å²) in [5, 5.41) is 0.755. The SMILES string of the molecule is CN1C2CCC1C(C(=O)N1CCOCC1)C(c1ccc(Cl)cc1)C2. The molecule has 3 aliphatic heterocycles. The van der Waals surface area contributed by atoms with Crippen LogP contribution in [0.2, 0.25) is 5.02 Å². The molecule has 1 aromatic rings. The smallest absolute Gasteiger partial charge is 0.228 e. The molecule has 4 unspecified atom stereocenters. The van der Waals surface area contributed by atoms with E-state index in [2.05, 4.69) is 24.1 Å². The molecule has 24 heavy (non-hydrogen) atoms. The third kappa shape index (κ3) is 2.85. The fraction of sp³-hybridized carbons (Fsp3) is 0.632. The van der Waals surface area contributed by atoms with Crippen molar-refractivity contribution in [3.05, 3.63) is 34.9 Å². The van der Waals surface area contributed by atoms with Gasteiger partial charge in [-0.25, -0.2) is 0 Å². The van der Waals surface area contributed by atoms with Crippen LogP contribution in [0.4, 0.5) is 0 Å². The summed E-state index contributed by atoms with van der Waals surface area (Å²) in [5.41, 5.74) is 1.26. The van der Waals surface area contributed by atoms with Crippen LogP contribution in [0, 0.1) is 5.92 Å². The molecule has 3 saturated heterocycles. The number of benzene rings is 1. The molecule has 0 saturated carbocycles. The molecule has 130 valence electrons. The molecule has 0 radical (unpaired) electrons. The summed E-state index contributed by atoms with van der Waals surface area (Å²) >= 11 is 6.07. The summed E-state index contributed by atoms with van der Waals surface area (Å²) in [5.74, 6) is 0.662. The molecule has 2 bridgehead atoms. The number of hydrogen-bond donors (Lipinski definition) is 0. The zero-order valence-electron chi connectivity index (χ0n) is 14.2. The maximum atomic E-state index is 13.4. The number of nitrogens with zero attached hydrogens (tertiary/aromatic N) is 2. The Bertz CT molecular complexity index is 600. The number of ether oxygens (including phenoxy) is 1. The van der Waals surface area contributed by atoms with Gasteiger partial charge in [-0.15, -0.1) is 0 Å². The number of hydrogen-bond acceptors (Lipinski definition) is 3. The maximum absolute atomic E-state index is 13.4. The van der Waals surface area contributed by atoms with Gasteiger partial charge in [0.15, 0.2) is 0 Å². The lowest BCUT2D eigenvalue weighted by atomic mass is 9.75. The lowest BCUT2D eigenvalue weighted by Gasteiger charge is -2.44. The van der Waals surface area contributed by atoms with Gasteiger partial charge in [0, 0.05) is 30.2 Å². The van der Waals surface area contributed by atoms with Crippen molar-refractivity contribution in [2.24, 2.45) is 5.92 Å². The highest BCUT2D eigenvalue weighted by atomic mass is 35.5. The molecule has 3 aliphatic rings. The molecule has 0 N–H and O–H groups in total. The lowest BCUT2D eigenvalue weighted by molar-refractivity contribution is -0.144. The molecule has 4 atom stereocenters. The standard InChI is InChI=1S/C19H25ClN2O2/c1-21-15-6-7-17(21)18(19(23)22-8-10-24-11-9-22)16(12-15)13-2-4-14(20)5-3-13/h2-5,15-18H,6-12H2,1H3. The number of carbonyl (C=O) groups is 1. The predicted octanol–water partition coefficient (Wildman–Crippen LogP) is 2.77. The normalized spacial score (nSPS) is 33.7. The number of carbonyl (C=O) groups excluding carboxylic acids is 1. The van der Waals surface area contributed by atoms with Gasteiger partial charge in [0.05, 0.1) is 19.1 Å². The molecule has 0 spiro atoms. The highest BCUT2D eigenvalue weighted by molar-refractivity contribution is 6.30. The van der Waals surface area contributed by atoms with Gasteiger partial charge in [0.2, 0.25) is 5.91 Å². The number of morpholine rings is 1. The number of fused-ring (bicyclic) bond motifs is 2. The van der Waals surface area contributed by atoms with Crippen molar-refractivity contribution in [2.45, 2.75) is 37.3 Å². The van der Waals surface area contributed by atoms with Crippen LogP contribution >= 0.6 is 11.6 Å². The molecule has 0 aliphatic carbocycles. The van der Waals surface area contributed by atoms with Crippen LogP contribution in [0.25, 0.3) is 0 Å². The second-order valence-corrected chi connectivity index (χ2v) is 7.76. The van der Waals surface area contributed by atoms with Gasteiger partial charge < -0.3 is 9.64 Å². The van der Waals surface area contributed by atoms with Crippen LogP contribution in [0.5, 0.6) is 0 Å². The van der Waals surface area contributed by atoms with Crippen LogP contribution in [-0.2, 0) is 9.53 Å². The Morgan fingerprint density at radius 2 is 1.88 bits per heavy atom. The number of piperidine rings is 1. The number of rotatable bonds is 2. The minimum Gasteiger partial charge on any atom is -0.378 e. The Labute approximate surface area is 148 Å². The van der Waals surface area contributed by atoms with Gasteiger partial charge in [-0.1, -0.05) is 23.7 Å². The van der Waals surface area contributed by atoms with Gasteiger partial charge in [-0.2, -0.15) is 0 Å². The topological polar surface area (TPSA) is 32.8 Å². The van der Waals surface area contributed by atoms with Crippen molar-refractivity contribution in [2.75, 3.05) is 33.4 Å². The zero-order chi connectivity index (χ0) is 16.7. The summed E-state index contributed by atoms with van der Waals surface area (Å²) in [7, 11) is 2.19. The fourth-order valence-corrected chi connectivity index (χ4v) is 4.98. The molecule has 3 fully saturated rings. The number of amides is 1. The van der Waals surface area contributed by atoms with Gasteiger partial charge in [-0.3, -0.25) is 9.69 Å². The first-order chi connectivity index (χ1) is 11.6. The third-order valence-electron chi connectivity index (χ3n) is 6.17. The zero-order valence-corrected chi connectivity index (χ0v) is 14.9. The van der Waals surface area contributed by atoms with Crippen molar-refractivity contribution in [1.82, 2.24) is 9.80 Å². The third-order valence-corrected chi connectivity index (χ3v) is 6.43. The average Bonchev–Trinajstić information content (AvgIpc) is 2.85. The summed E-state index contributed by atoms with van der Waals surface area (Å²) in [6.45, 7) is 2.77. The molecule has 4 rings (SSSR count). The van der Waals surface area contributed by atoms with Crippen LogP contribution in [-0.4, -0.2) is 61.1 Å². The first-order valence-electron chi connectivity index (χ1n) is 8.99. The molecular formula is C19H25ClN2O2. The van der Waals surface area contributed by atoms with Gasteiger partial charge in [0.25, 0.3) is 0 Å². The van der Waals surface area contributed by atoms with Crippen LogP contribution in [0.1, 0.15) is 30.7 Å². The van der Waals surface area contributed by atoms with E-state index in [0.29, 0.717) is 37.1 Å². The maximum Gasteiger partial charge on any atom is 0.228 e. The fourth-order valence-electron chi connectivity index (χ4n) is 4.85. The first-order valence-corrected chi connectivity index (χ1v) is 9.37. The van der Waals surface area contributed by atoms with E-state index in [4.69, 9.17) is 16.3 Å². The second kappa shape index (κ2) is 6.66. The van der Waals surface area contributed by atoms with E-state index >= 15 is 0 Å². The van der Waals surface area contributed by atoms with E-state index in [1.807, 2.05) is 17.0 Å². The molecule has 5 heteroatoms. The van der Waals surface area contributed by atoms with Crippen LogP contribution in [0.15, 0.2) is 24.3 Å². The summed E-state index contributed by atoms with van der Waals surface area (Å²) in [6.07, 6.45) is 3.40. The highest BCUT2D eigenvalue weighted by Gasteiger charge is 2.50. The van der Waals surface area contributed by atoms with E-state index in [1.54, 1.807) is 0 Å². The Morgan fingerprint density at radius 1 is 1.17 bits per heavy atom. The molecule has 0 aromatic heterocycles. The van der Waals surface area contributed by atoms with Crippen LogP contribution in [0.3, 0.4) is 0 Å². The minimum atomic E-state index is 0.0491. The second-order valence-electron chi connectivity index (χ2n) is 7.32. The Balaban J connectivity index is 1.65. The minimum absolute atomic E-state index is 0.0491. The van der Waals surface area contributed by atoms with E-state index in [0.717, 1.165) is 31.0 Å².